The second kappa shape index (κ2) is 35.2. The van der Waals surface area contributed by atoms with Gasteiger partial charge in [0.1, 0.15) is 17.2 Å². The second-order valence-electron chi connectivity index (χ2n) is 11.9. The smallest absolute Gasteiger partial charge is 0.300 e. The minimum absolute atomic E-state index is 0. The number of benzene rings is 3. The summed E-state index contributed by atoms with van der Waals surface area (Å²) in [6.07, 6.45) is 10.3. The molecule has 9 N–H and O–H groups in total. The minimum Gasteiger partial charge on any atom is -0.507 e. The molecule has 0 aromatic heterocycles. The molecule has 0 unspecified atom stereocenters. The van der Waals surface area contributed by atoms with Gasteiger partial charge in [-0.1, -0.05) is 7.43 Å². The number of carboxylic acid groups (broad SMARTS) is 2. The number of rotatable bonds is 4. The topological polar surface area (TPSA) is 271 Å². The van der Waals surface area contributed by atoms with Gasteiger partial charge in [0.2, 0.25) is 0 Å². The molecule has 17 heteroatoms. The van der Waals surface area contributed by atoms with Crippen LogP contribution in [0.15, 0.2) is 56.4 Å². The van der Waals surface area contributed by atoms with Crippen LogP contribution in [0.5, 0.6) is 17.2 Å². The van der Waals surface area contributed by atoms with Gasteiger partial charge >= 0.3 is 0 Å². The van der Waals surface area contributed by atoms with E-state index in [9.17, 15) is 24.9 Å². The first-order chi connectivity index (χ1) is 26.1. The largest absolute Gasteiger partial charge is 0.507 e. The number of hydrogen-bond acceptors (Lipinski definition) is 13. The van der Waals surface area contributed by atoms with Crippen molar-refractivity contribution >= 4 is 49.4 Å². The zero-order chi connectivity index (χ0) is 41.8. The Morgan fingerprint density at radius 3 is 1.02 bits per heavy atom. The Morgan fingerprint density at radius 1 is 0.569 bits per heavy atom. The van der Waals surface area contributed by atoms with Crippen molar-refractivity contribution in [2.24, 2.45) is 31.4 Å². The maximum atomic E-state index is 10.5. The fourth-order valence-electron chi connectivity index (χ4n) is 4.36. The van der Waals surface area contributed by atoms with Gasteiger partial charge in [-0.25, -0.2) is 0 Å². The average molecular weight is 889 g/mol. The number of carbonyl (C=O) groups is 4. The summed E-state index contributed by atoms with van der Waals surface area (Å²) in [7, 11) is 0. The third-order valence-corrected chi connectivity index (χ3v) is 6.67. The van der Waals surface area contributed by atoms with Crippen molar-refractivity contribution in [1.82, 2.24) is 0 Å². The molecule has 15 nitrogen and oxygen atoms in total. The van der Waals surface area contributed by atoms with E-state index in [1.807, 2.05) is 38.1 Å². The molecule has 320 valence electrons. The molecule has 1 heterocycles. The molecule has 0 saturated heterocycles. The van der Waals surface area contributed by atoms with Crippen LogP contribution in [0, 0.1) is 20.8 Å². The Kier molecular flexibility index (Phi) is 36.2. The van der Waals surface area contributed by atoms with Gasteiger partial charge in [0.05, 0.1) is 11.1 Å². The number of aliphatic carboxylic acids is 2. The van der Waals surface area contributed by atoms with Crippen molar-refractivity contribution in [3.8, 4) is 17.2 Å². The van der Waals surface area contributed by atoms with Gasteiger partial charge in [-0.2, -0.15) is 0 Å². The number of phenolic OH excluding ortho intramolecular Hbond substituents is 3. The van der Waals surface area contributed by atoms with E-state index in [0.29, 0.717) is 61.0 Å². The molecule has 1 aliphatic rings. The third-order valence-electron chi connectivity index (χ3n) is 6.67. The molecule has 1 aliphatic heterocycles. The summed E-state index contributed by atoms with van der Waals surface area (Å²) < 4.78 is 0. The van der Waals surface area contributed by atoms with Crippen LogP contribution in [-0.4, -0.2) is 114 Å². The predicted molar refractivity (Wildman–Crippen MR) is 224 cm³/mol. The van der Waals surface area contributed by atoms with Crippen molar-refractivity contribution < 1.29 is 78.8 Å². The summed E-state index contributed by atoms with van der Waals surface area (Å²) in [5, 5.41) is 45.1. The molecule has 0 fully saturated rings. The zero-order valence-electron chi connectivity index (χ0n) is 32.9. The van der Waals surface area contributed by atoms with E-state index in [1.54, 1.807) is 31.8 Å². The van der Waals surface area contributed by atoms with Gasteiger partial charge in [0.15, 0.2) is 12.6 Å². The van der Waals surface area contributed by atoms with Crippen LogP contribution < -0.4 is 11.5 Å². The van der Waals surface area contributed by atoms with Crippen LogP contribution in [0.25, 0.3) is 0 Å². The number of nitrogens with two attached hydrogens (primary N) is 2. The monoisotopic (exact) mass is 888 g/mol. The summed E-state index contributed by atoms with van der Waals surface area (Å²) in [6.45, 7) is 11.7. The first kappa shape index (κ1) is 59.7. The summed E-state index contributed by atoms with van der Waals surface area (Å²) in [4.78, 5) is 56.4. The fraction of sp³-hybridized carbons (Fsp3) is 0.366. The van der Waals surface area contributed by atoms with E-state index < -0.39 is 11.9 Å². The van der Waals surface area contributed by atoms with Crippen LogP contribution in [0.2, 0.25) is 0 Å². The number of phenols is 3. The molecule has 58 heavy (non-hydrogen) atoms. The molecule has 0 amide bonds. The van der Waals surface area contributed by atoms with Gasteiger partial charge in [0, 0.05) is 121 Å². The predicted octanol–water partition coefficient (Wildman–Crippen LogP) is 5.32. The zero-order valence-corrected chi connectivity index (χ0v) is 35.2. The molecule has 3 aromatic carbocycles. The normalized spacial score (nSPS) is 11.4. The summed E-state index contributed by atoms with van der Waals surface area (Å²) in [5.74, 6) is -1.52. The number of aliphatic imine (C=N–C) groups is 4. The van der Waals surface area contributed by atoms with Gasteiger partial charge in [0.25, 0.3) is 11.9 Å². The molecular weight excluding hydrogens is 830 g/mol. The van der Waals surface area contributed by atoms with Crippen LogP contribution >= 0.6 is 0 Å². The molecule has 2 radical (unpaired) electrons. The van der Waals surface area contributed by atoms with E-state index in [1.165, 1.54) is 12.1 Å². The number of carboxylic acids is 2. The van der Waals surface area contributed by atoms with Crippen LogP contribution in [-0.2, 0) is 43.7 Å². The number of carbonyl (C=O) groups excluding carboxylic acids is 2. The number of aldehydes is 2. The van der Waals surface area contributed by atoms with Gasteiger partial charge in [-0.15, -0.1) is 0 Å². The molecule has 3 aromatic rings. The molecule has 0 saturated carbocycles. The molecule has 0 atom stereocenters. The number of fused-ring (bicyclic) bond motifs is 4. The Labute approximate surface area is 362 Å². The maximum Gasteiger partial charge on any atom is 0.300 e. The first-order valence-corrected chi connectivity index (χ1v) is 17.3. The Balaban J connectivity index is -0.000000429. The van der Waals surface area contributed by atoms with Crippen LogP contribution in [0.1, 0.15) is 100 Å². The maximum absolute atomic E-state index is 10.5. The van der Waals surface area contributed by atoms with Crippen LogP contribution in [0.3, 0.4) is 0 Å². The van der Waals surface area contributed by atoms with Crippen molar-refractivity contribution in [2.45, 2.75) is 61.3 Å². The molecular formula is C41H58Mn2N6O9. The van der Waals surface area contributed by atoms with Gasteiger partial charge in [-0.05, 0) is 106 Å². The molecule has 4 bridgehead atoms. The quantitative estimate of drug-likeness (QED) is 0.130. The Morgan fingerprint density at radius 2 is 0.810 bits per heavy atom. The second-order valence-corrected chi connectivity index (χ2v) is 11.9. The van der Waals surface area contributed by atoms with E-state index in [0.717, 1.165) is 62.9 Å². The summed E-state index contributed by atoms with van der Waals surface area (Å²) in [5.41, 5.74) is 16.0. The van der Waals surface area contributed by atoms with Gasteiger partial charge in [-0.3, -0.25) is 39.1 Å². The Hall–Kier alpha value is -5.02. The molecule has 0 spiro atoms. The summed E-state index contributed by atoms with van der Waals surface area (Å²) >= 11 is 0. The van der Waals surface area contributed by atoms with E-state index in [-0.39, 0.29) is 69.9 Å². The van der Waals surface area contributed by atoms with E-state index >= 15 is 0 Å². The Bertz CT molecular complexity index is 1610. The molecule has 4 rings (SSSR count). The van der Waals surface area contributed by atoms with Crippen molar-refractivity contribution in [3.05, 3.63) is 86.5 Å². The van der Waals surface area contributed by atoms with Gasteiger partial charge < -0.3 is 37.0 Å². The first-order valence-electron chi connectivity index (χ1n) is 17.3. The van der Waals surface area contributed by atoms with Crippen molar-refractivity contribution in [2.75, 3.05) is 39.3 Å². The van der Waals surface area contributed by atoms with Crippen LogP contribution in [0.4, 0.5) is 0 Å². The minimum atomic E-state index is -0.833. The molecule has 0 aliphatic carbocycles. The standard InChI is InChI=1S/C24H28N4O2.C9H8O3.C3H10N2.2C2H4O2.CH4.2Mn/c1-17-9-19-13-25-5-3-7-27-15-21-11-18(2)12-22(24(21)30)16-28-8-4-6-26-14-20(10-17)23(19)29;1-6-2-7(4-10)9(12)8(3-6)5-11;4-2-1-3-5;2*1-2(3)4;;;/h9-16,29-30H,3-8H2,1-2H3;2-5,12H,1H3;1-5H2;2*1H3,(H,3,4);1H4;;. The number of aromatic hydroxyl groups is 3. The number of hydrogen-bond donors (Lipinski definition) is 7. The SMILES string of the molecule is C.CC(=O)O.CC(=O)O.Cc1cc(C=O)c(O)c(C=O)c1.Cc1cc2c(O)c(c1)C=NCCCN=Cc1cc(C)cc(c1O)C=NCCCN=C2.NCCCN.[Mn].[Mn]. The number of aryl methyl sites for hydroxylation is 3. The fourth-order valence-corrected chi connectivity index (χ4v) is 4.36. The van der Waals surface area contributed by atoms with E-state index in [4.69, 9.17) is 31.3 Å². The number of nitrogens with zero attached hydrogens (tertiary/aromatic N) is 4. The average Bonchev–Trinajstić information content (AvgIpc) is 3.11. The van der Waals surface area contributed by atoms with Crippen molar-refractivity contribution in [3.63, 3.8) is 0 Å². The summed E-state index contributed by atoms with van der Waals surface area (Å²) in [6, 6.07) is 10.7. The third kappa shape index (κ3) is 26.8. The van der Waals surface area contributed by atoms with Crippen molar-refractivity contribution in [1.29, 1.82) is 0 Å². The van der Waals surface area contributed by atoms with E-state index in [2.05, 4.69) is 20.0 Å².